The van der Waals surface area contributed by atoms with E-state index in [0.717, 1.165) is 0 Å². The van der Waals surface area contributed by atoms with Crippen molar-refractivity contribution < 1.29 is 18.0 Å². The van der Waals surface area contributed by atoms with Crippen molar-refractivity contribution in [3.63, 3.8) is 0 Å². The highest BCUT2D eigenvalue weighted by Gasteiger charge is 2.20. The second-order valence-electron chi connectivity index (χ2n) is 6.79. The molecule has 0 saturated heterocycles. The molecule has 146 valence electrons. The van der Waals surface area contributed by atoms with Gasteiger partial charge in [0.05, 0.1) is 4.90 Å². The normalized spacial score (nSPS) is 11.6. The maximum Gasteiger partial charge on any atom is 0.268 e. The smallest absolute Gasteiger partial charge is 0.268 e. The lowest BCUT2D eigenvalue weighted by atomic mass is 10.1. The summed E-state index contributed by atoms with van der Waals surface area (Å²) in [4.78, 5) is 27.3. The Hall–Kier alpha value is -2.45. The number of aromatic amines is 1. The Morgan fingerprint density at radius 2 is 1.85 bits per heavy atom. The molecule has 0 aliphatic heterocycles. The first-order chi connectivity index (χ1) is 12.5. The maximum atomic E-state index is 12.5. The van der Waals surface area contributed by atoms with Crippen LogP contribution < -0.4 is 10.0 Å². The van der Waals surface area contributed by atoms with Gasteiger partial charge in [0.25, 0.3) is 5.91 Å². The van der Waals surface area contributed by atoms with Gasteiger partial charge in [0, 0.05) is 23.8 Å². The molecular weight excluding hydrogens is 366 g/mol. The zero-order valence-electron chi connectivity index (χ0n) is 16.1. The summed E-state index contributed by atoms with van der Waals surface area (Å²) in [6.45, 7) is 8.59. The van der Waals surface area contributed by atoms with Crippen LogP contribution in [0.1, 0.15) is 58.4 Å². The highest BCUT2D eigenvalue weighted by Crippen LogP contribution is 2.18. The molecule has 8 heteroatoms. The van der Waals surface area contributed by atoms with Gasteiger partial charge in [0.1, 0.15) is 5.69 Å². The molecule has 3 N–H and O–H groups in total. The lowest BCUT2D eigenvalue weighted by molar-refractivity contribution is 0.0945. The molecule has 7 nitrogen and oxygen atoms in total. The summed E-state index contributed by atoms with van der Waals surface area (Å²) in [5.74, 6) is -0.451. The summed E-state index contributed by atoms with van der Waals surface area (Å²) in [6, 6.07) is 6.19. The third kappa shape index (κ3) is 4.84. The number of Topliss-reactive ketones (excluding diaryl/α,β-unsaturated/α-hetero) is 1. The summed E-state index contributed by atoms with van der Waals surface area (Å²) in [6.07, 6.45) is 0. The highest BCUT2D eigenvalue weighted by molar-refractivity contribution is 7.89. The van der Waals surface area contributed by atoms with Crippen LogP contribution in [0.2, 0.25) is 0 Å². The first-order valence-electron chi connectivity index (χ1n) is 8.62. The third-order valence-corrected chi connectivity index (χ3v) is 5.73. The van der Waals surface area contributed by atoms with Gasteiger partial charge >= 0.3 is 0 Å². The Morgan fingerprint density at radius 3 is 2.41 bits per heavy atom. The van der Waals surface area contributed by atoms with Crippen LogP contribution in [-0.2, 0) is 16.6 Å². The number of carbonyl (C=O) groups excluding carboxylic acids is 2. The van der Waals surface area contributed by atoms with Crippen LogP contribution in [0.25, 0.3) is 0 Å². The molecule has 1 aromatic heterocycles. The van der Waals surface area contributed by atoms with E-state index in [1.807, 2.05) is 0 Å². The number of ketones is 1. The van der Waals surface area contributed by atoms with Crippen LogP contribution in [0.4, 0.5) is 0 Å². The number of sulfonamides is 1. The van der Waals surface area contributed by atoms with Crippen LogP contribution in [0.15, 0.2) is 29.2 Å². The van der Waals surface area contributed by atoms with Gasteiger partial charge in [0.15, 0.2) is 5.78 Å². The molecule has 1 aromatic carbocycles. The SMILES string of the molecule is CC(=O)c1c(C)[nH]c(C(=O)NCc2cccc(S(=O)(=O)NC(C)C)c2)c1C. The van der Waals surface area contributed by atoms with Gasteiger partial charge in [0.2, 0.25) is 10.0 Å². The van der Waals surface area contributed by atoms with Gasteiger partial charge in [-0.2, -0.15) is 0 Å². The predicted octanol–water partition coefficient (Wildman–Crippen LogP) is 2.45. The largest absolute Gasteiger partial charge is 0.354 e. The molecular formula is C19H25N3O4S. The van der Waals surface area contributed by atoms with Crippen LogP contribution in [-0.4, -0.2) is 31.1 Å². The minimum absolute atomic E-state index is 0.101. The van der Waals surface area contributed by atoms with Crippen molar-refractivity contribution in [2.75, 3.05) is 0 Å². The second-order valence-corrected chi connectivity index (χ2v) is 8.50. The zero-order chi connectivity index (χ0) is 20.4. The van der Waals surface area contributed by atoms with E-state index in [1.165, 1.54) is 19.1 Å². The summed E-state index contributed by atoms with van der Waals surface area (Å²) in [5, 5.41) is 2.76. The quantitative estimate of drug-likeness (QED) is 0.630. The first-order valence-corrected chi connectivity index (χ1v) is 10.1. The number of benzene rings is 1. The lowest BCUT2D eigenvalue weighted by Gasteiger charge is -2.11. The lowest BCUT2D eigenvalue weighted by Crippen LogP contribution is -2.30. The minimum atomic E-state index is -3.60. The molecule has 27 heavy (non-hydrogen) atoms. The standard InChI is InChI=1S/C19H25N3O4S/c1-11(2)22-27(25,26)16-8-6-7-15(9-16)10-20-19(24)18-12(3)17(14(5)23)13(4)21-18/h6-9,11,21-22H,10H2,1-5H3,(H,20,24). The van der Waals surface area contributed by atoms with E-state index in [4.69, 9.17) is 0 Å². The predicted molar refractivity (Wildman–Crippen MR) is 103 cm³/mol. The minimum Gasteiger partial charge on any atom is -0.354 e. The molecule has 0 radical (unpaired) electrons. The van der Waals surface area contributed by atoms with Crippen molar-refractivity contribution in [3.05, 3.63) is 52.3 Å². The molecule has 1 amide bonds. The first kappa shape index (κ1) is 20.9. The van der Waals surface area contributed by atoms with Crippen LogP contribution in [0.3, 0.4) is 0 Å². The van der Waals surface area contributed by atoms with E-state index in [-0.39, 0.29) is 29.2 Å². The third-order valence-electron chi connectivity index (χ3n) is 4.07. The van der Waals surface area contributed by atoms with Crippen LogP contribution in [0, 0.1) is 13.8 Å². The number of rotatable bonds is 7. The monoisotopic (exact) mass is 391 g/mol. The maximum absolute atomic E-state index is 12.5. The van der Waals surface area contributed by atoms with Gasteiger partial charge < -0.3 is 10.3 Å². The van der Waals surface area contributed by atoms with Crippen molar-refractivity contribution in [2.24, 2.45) is 0 Å². The van der Waals surface area contributed by atoms with Crippen molar-refractivity contribution in [2.45, 2.75) is 52.1 Å². The zero-order valence-corrected chi connectivity index (χ0v) is 17.0. The average molecular weight is 391 g/mol. The fraction of sp³-hybridized carbons (Fsp3) is 0.368. The molecule has 0 aliphatic carbocycles. The molecule has 0 saturated carbocycles. The van der Waals surface area contributed by atoms with Crippen LogP contribution in [0.5, 0.6) is 0 Å². The Kier molecular flexibility index (Phi) is 6.22. The fourth-order valence-electron chi connectivity index (χ4n) is 2.98. The van der Waals surface area contributed by atoms with E-state index in [2.05, 4.69) is 15.0 Å². The van der Waals surface area contributed by atoms with E-state index in [1.54, 1.807) is 39.8 Å². The summed E-state index contributed by atoms with van der Waals surface area (Å²) < 4.78 is 27.1. The molecule has 0 unspecified atom stereocenters. The number of hydrogen-bond donors (Lipinski definition) is 3. The Bertz CT molecular complexity index is 975. The fourth-order valence-corrected chi connectivity index (χ4v) is 4.30. The molecule has 0 fully saturated rings. The topological polar surface area (TPSA) is 108 Å². The van der Waals surface area contributed by atoms with Crippen molar-refractivity contribution >= 4 is 21.7 Å². The molecule has 0 bridgehead atoms. The van der Waals surface area contributed by atoms with E-state index >= 15 is 0 Å². The van der Waals surface area contributed by atoms with E-state index < -0.39 is 10.0 Å². The number of H-pyrrole nitrogens is 1. The van der Waals surface area contributed by atoms with Crippen molar-refractivity contribution in [3.8, 4) is 0 Å². The molecule has 1 heterocycles. The average Bonchev–Trinajstić information content (AvgIpc) is 2.86. The van der Waals surface area contributed by atoms with E-state index in [0.29, 0.717) is 28.1 Å². The van der Waals surface area contributed by atoms with Gasteiger partial charge in [-0.1, -0.05) is 12.1 Å². The van der Waals surface area contributed by atoms with Crippen LogP contribution >= 0.6 is 0 Å². The molecule has 0 aliphatic rings. The molecule has 2 rings (SSSR count). The number of aryl methyl sites for hydroxylation is 1. The number of carbonyl (C=O) groups is 2. The molecule has 2 aromatic rings. The number of nitrogens with one attached hydrogen (secondary N) is 3. The van der Waals surface area contributed by atoms with Gasteiger partial charge in [-0.25, -0.2) is 13.1 Å². The Balaban J connectivity index is 2.16. The second kappa shape index (κ2) is 8.06. The molecule has 0 spiro atoms. The van der Waals surface area contributed by atoms with Gasteiger partial charge in [-0.15, -0.1) is 0 Å². The number of hydrogen-bond acceptors (Lipinski definition) is 4. The number of amides is 1. The Morgan fingerprint density at radius 1 is 1.19 bits per heavy atom. The highest BCUT2D eigenvalue weighted by atomic mass is 32.2. The van der Waals surface area contributed by atoms with Gasteiger partial charge in [-0.3, -0.25) is 9.59 Å². The summed E-state index contributed by atoms with van der Waals surface area (Å²) in [5.41, 5.74) is 2.77. The van der Waals surface area contributed by atoms with E-state index in [9.17, 15) is 18.0 Å². The van der Waals surface area contributed by atoms with Gasteiger partial charge in [-0.05, 0) is 57.9 Å². The van der Waals surface area contributed by atoms with Crippen molar-refractivity contribution in [1.29, 1.82) is 0 Å². The number of aromatic nitrogens is 1. The summed E-state index contributed by atoms with van der Waals surface area (Å²) in [7, 11) is -3.60. The summed E-state index contributed by atoms with van der Waals surface area (Å²) >= 11 is 0. The molecule has 0 atom stereocenters. The Labute approximate surface area is 159 Å². The van der Waals surface area contributed by atoms with Crippen molar-refractivity contribution in [1.82, 2.24) is 15.0 Å².